The van der Waals surface area contributed by atoms with Crippen LogP contribution in [0.3, 0.4) is 0 Å². The molecular formula is C15H21FN2O. The summed E-state index contributed by atoms with van der Waals surface area (Å²) in [5, 5.41) is 3.34. The Hall–Kier alpha value is -1.42. The highest BCUT2D eigenvalue weighted by Gasteiger charge is 2.33. The molecule has 0 heterocycles. The van der Waals surface area contributed by atoms with E-state index in [-0.39, 0.29) is 17.6 Å². The number of halogens is 1. The minimum Gasteiger partial charge on any atom is -0.369 e. The molecule has 0 aliphatic heterocycles. The molecule has 0 saturated heterocycles. The van der Waals surface area contributed by atoms with Crippen molar-refractivity contribution in [3.8, 4) is 0 Å². The van der Waals surface area contributed by atoms with Gasteiger partial charge in [-0.3, -0.25) is 4.79 Å². The Morgan fingerprint density at radius 2 is 2.05 bits per heavy atom. The summed E-state index contributed by atoms with van der Waals surface area (Å²) in [5.74, 6) is -0.135. The fraction of sp³-hybridized carbons (Fsp3) is 0.533. The SMILES string of the molecule is CC(C)(CNC1CC(c2ccccc2F)C1)C(N)=O. The van der Waals surface area contributed by atoms with Gasteiger partial charge in [0.25, 0.3) is 0 Å². The standard InChI is InChI=1S/C15H21FN2O/c1-15(2,14(17)19)9-18-11-7-10(8-11)12-5-3-4-6-13(12)16/h3-6,10-11,18H,7-9H2,1-2H3,(H2,17,19). The van der Waals surface area contributed by atoms with Crippen molar-refractivity contribution >= 4 is 5.91 Å². The van der Waals surface area contributed by atoms with Crippen LogP contribution in [0.15, 0.2) is 24.3 Å². The van der Waals surface area contributed by atoms with E-state index in [0.717, 1.165) is 18.4 Å². The summed E-state index contributed by atoms with van der Waals surface area (Å²) in [6.07, 6.45) is 1.82. The van der Waals surface area contributed by atoms with Crippen molar-refractivity contribution in [2.24, 2.45) is 11.1 Å². The summed E-state index contributed by atoms with van der Waals surface area (Å²) in [6, 6.07) is 7.29. The second-order valence-electron chi connectivity index (χ2n) is 6.02. The van der Waals surface area contributed by atoms with Crippen molar-refractivity contribution in [1.82, 2.24) is 5.32 Å². The van der Waals surface area contributed by atoms with Crippen LogP contribution >= 0.6 is 0 Å². The lowest BCUT2D eigenvalue weighted by Gasteiger charge is -2.38. The summed E-state index contributed by atoms with van der Waals surface area (Å²) in [4.78, 5) is 11.2. The normalized spacial score (nSPS) is 22.9. The molecule has 1 aliphatic rings. The quantitative estimate of drug-likeness (QED) is 0.856. The maximum Gasteiger partial charge on any atom is 0.224 e. The molecule has 3 N–H and O–H groups in total. The lowest BCUT2D eigenvalue weighted by atomic mass is 9.75. The van der Waals surface area contributed by atoms with Crippen LogP contribution in [0.25, 0.3) is 0 Å². The van der Waals surface area contributed by atoms with Crippen LogP contribution in [0.2, 0.25) is 0 Å². The molecule has 4 heteroatoms. The van der Waals surface area contributed by atoms with Gasteiger partial charge in [-0.25, -0.2) is 4.39 Å². The molecule has 0 aromatic heterocycles. The molecule has 1 fully saturated rings. The number of carbonyl (C=O) groups is 1. The van der Waals surface area contributed by atoms with Crippen molar-refractivity contribution in [1.29, 1.82) is 0 Å². The summed E-state index contributed by atoms with van der Waals surface area (Å²) in [5.41, 5.74) is 5.59. The van der Waals surface area contributed by atoms with Crippen LogP contribution in [-0.4, -0.2) is 18.5 Å². The van der Waals surface area contributed by atoms with Crippen LogP contribution in [0.5, 0.6) is 0 Å². The number of rotatable bonds is 5. The number of benzene rings is 1. The largest absolute Gasteiger partial charge is 0.369 e. The van der Waals surface area contributed by atoms with Gasteiger partial charge in [0.1, 0.15) is 5.82 Å². The highest BCUT2D eigenvalue weighted by Crippen LogP contribution is 2.38. The zero-order chi connectivity index (χ0) is 14.0. The van der Waals surface area contributed by atoms with Crippen LogP contribution < -0.4 is 11.1 Å². The minimum atomic E-state index is -0.539. The molecule has 1 saturated carbocycles. The first-order valence-corrected chi connectivity index (χ1v) is 6.68. The van der Waals surface area contributed by atoms with Crippen LogP contribution in [0.4, 0.5) is 4.39 Å². The number of amides is 1. The molecule has 1 amide bonds. The highest BCUT2D eigenvalue weighted by atomic mass is 19.1. The lowest BCUT2D eigenvalue weighted by molar-refractivity contribution is -0.125. The van der Waals surface area contributed by atoms with E-state index >= 15 is 0 Å². The molecule has 0 radical (unpaired) electrons. The van der Waals surface area contributed by atoms with Gasteiger partial charge in [0, 0.05) is 12.6 Å². The monoisotopic (exact) mass is 264 g/mol. The average molecular weight is 264 g/mol. The zero-order valence-corrected chi connectivity index (χ0v) is 11.4. The maximum absolute atomic E-state index is 13.6. The first kappa shape index (κ1) is 14.0. The van der Waals surface area contributed by atoms with Gasteiger partial charge in [-0.2, -0.15) is 0 Å². The zero-order valence-electron chi connectivity index (χ0n) is 11.4. The van der Waals surface area contributed by atoms with E-state index in [0.29, 0.717) is 12.6 Å². The second kappa shape index (κ2) is 5.29. The van der Waals surface area contributed by atoms with E-state index in [1.165, 1.54) is 6.07 Å². The van der Waals surface area contributed by atoms with Gasteiger partial charge >= 0.3 is 0 Å². The third-order valence-electron chi connectivity index (χ3n) is 3.98. The van der Waals surface area contributed by atoms with E-state index < -0.39 is 5.41 Å². The number of carbonyl (C=O) groups excluding carboxylic acids is 1. The van der Waals surface area contributed by atoms with E-state index in [1.807, 2.05) is 26.0 Å². The number of primary amides is 1. The molecular weight excluding hydrogens is 243 g/mol. The van der Waals surface area contributed by atoms with Gasteiger partial charge in [-0.15, -0.1) is 0 Å². The fourth-order valence-corrected chi connectivity index (χ4v) is 2.33. The third-order valence-corrected chi connectivity index (χ3v) is 3.98. The highest BCUT2D eigenvalue weighted by molar-refractivity contribution is 5.80. The van der Waals surface area contributed by atoms with Crippen molar-refractivity contribution < 1.29 is 9.18 Å². The van der Waals surface area contributed by atoms with E-state index in [2.05, 4.69) is 5.32 Å². The second-order valence-corrected chi connectivity index (χ2v) is 6.02. The van der Waals surface area contributed by atoms with E-state index in [9.17, 15) is 9.18 Å². The Bertz CT molecular complexity index is 467. The number of nitrogens with one attached hydrogen (secondary N) is 1. The maximum atomic E-state index is 13.6. The first-order valence-electron chi connectivity index (χ1n) is 6.68. The third kappa shape index (κ3) is 3.13. The summed E-state index contributed by atoms with van der Waals surface area (Å²) < 4.78 is 13.6. The number of hydrogen-bond acceptors (Lipinski definition) is 2. The summed E-state index contributed by atoms with van der Waals surface area (Å²) >= 11 is 0. The smallest absolute Gasteiger partial charge is 0.224 e. The van der Waals surface area contributed by atoms with E-state index in [1.54, 1.807) is 6.07 Å². The van der Waals surface area contributed by atoms with Gasteiger partial charge in [0.15, 0.2) is 0 Å². The predicted octanol–water partition coefficient (Wildman–Crippen LogP) is 2.17. The van der Waals surface area contributed by atoms with Crippen molar-refractivity contribution in [2.45, 2.75) is 38.6 Å². The Balaban J connectivity index is 1.81. The molecule has 1 aromatic rings. The molecule has 2 rings (SSSR count). The van der Waals surface area contributed by atoms with Gasteiger partial charge in [0.2, 0.25) is 5.91 Å². The Morgan fingerprint density at radius 1 is 1.42 bits per heavy atom. The van der Waals surface area contributed by atoms with Crippen LogP contribution in [0, 0.1) is 11.2 Å². The summed E-state index contributed by atoms with van der Waals surface area (Å²) in [7, 11) is 0. The predicted molar refractivity (Wildman–Crippen MR) is 73.1 cm³/mol. The van der Waals surface area contributed by atoms with Crippen LogP contribution in [-0.2, 0) is 4.79 Å². The van der Waals surface area contributed by atoms with Gasteiger partial charge in [0.05, 0.1) is 5.41 Å². The van der Waals surface area contributed by atoms with Crippen molar-refractivity contribution in [3.63, 3.8) is 0 Å². The van der Waals surface area contributed by atoms with Gasteiger partial charge in [-0.05, 0) is 44.2 Å². The molecule has 104 valence electrons. The van der Waals surface area contributed by atoms with Crippen molar-refractivity contribution in [3.05, 3.63) is 35.6 Å². The molecule has 1 aromatic carbocycles. The molecule has 1 aliphatic carbocycles. The molecule has 19 heavy (non-hydrogen) atoms. The minimum absolute atomic E-state index is 0.122. The first-order chi connectivity index (χ1) is 8.90. The van der Waals surface area contributed by atoms with Gasteiger partial charge in [-0.1, -0.05) is 18.2 Å². The Labute approximate surface area is 113 Å². The fourth-order valence-electron chi connectivity index (χ4n) is 2.33. The number of hydrogen-bond donors (Lipinski definition) is 2. The molecule has 0 atom stereocenters. The number of nitrogens with two attached hydrogens (primary N) is 1. The molecule has 0 unspecified atom stereocenters. The lowest BCUT2D eigenvalue weighted by Crippen LogP contribution is -2.47. The Morgan fingerprint density at radius 3 is 2.63 bits per heavy atom. The average Bonchev–Trinajstić information content (AvgIpc) is 2.29. The summed E-state index contributed by atoms with van der Waals surface area (Å²) in [6.45, 7) is 4.22. The molecule has 3 nitrogen and oxygen atoms in total. The van der Waals surface area contributed by atoms with E-state index in [4.69, 9.17) is 5.73 Å². The topological polar surface area (TPSA) is 55.1 Å². The Kier molecular flexibility index (Phi) is 3.90. The van der Waals surface area contributed by atoms with Crippen LogP contribution in [0.1, 0.15) is 38.2 Å². The molecule has 0 bridgehead atoms. The van der Waals surface area contributed by atoms with Crippen molar-refractivity contribution in [2.75, 3.05) is 6.54 Å². The van der Waals surface area contributed by atoms with Gasteiger partial charge < -0.3 is 11.1 Å². The molecule has 0 spiro atoms.